The smallest absolute Gasteiger partial charge is 0.333 e. The topological polar surface area (TPSA) is 79.0 Å². The van der Waals surface area contributed by atoms with Gasteiger partial charge in [-0.2, -0.15) is 0 Å². The molecule has 0 aliphatic carbocycles. The van der Waals surface area contributed by atoms with Crippen molar-refractivity contribution >= 4 is 17.8 Å². The molecule has 196 valence electrons. The van der Waals surface area contributed by atoms with E-state index in [4.69, 9.17) is 4.74 Å². The van der Waals surface area contributed by atoms with Gasteiger partial charge in [0.25, 0.3) is 0 Å². The molecule has 2 amide bonds. The lowest BCUT2D eigenvalue weighted by molar-refractivity contribution is -0.141. The van der Waals surface area contributed by atoms with Crippen LogP contribution >= 0.6 is 0 Å². The van der Waals surface area contributed by atoms with Crippen LogP contribution in [0.5, 0.6) is 0 Å². The number of hydrogen-bond donors (Lipinski definition) is 1. The average molecular weight is 480 g/mol. The minimum Gasteiger partial charge on any atom is -0.463 e. The molecular weight excluding hydrogens is 430 g/mol. The van der Waals surface area contributed by atoms with Gasteiger partial charge in [0.1, 0.15) is 6.04 Å². The van der Waals surface area contributed by atoms with Crippen LogP contribution in [0, 0.1) is 11.8 Å². The third-order valence-electron chi connectivity index (χ3n) is 7.28. The van der Waals surface area contributed by atoms with Crippen LogP contribution in [0.25, 0.3) is 0 Å². The molecule has 0 aromatic rings. The van der Waals surface area contributed by atoms with E-state index in [-0.39, 0.29) is 41.7 Å². The highest BCUT2D eigenvalue weighted by molar-refractivity contribution is 5.91. The van der Waals surface area contributed by atoms with Crippen molar-refractivity contribution in [2.75, 3.05) is 20.2 Å². The minimum atomic E-state index is -0.610. The number of carbonyl (C=O) groups is 3. The fourth-order valence-corrected chi connectivity index (χ4v) is 4.62. The molecule has 1 N–H and O–H groups in total. The molecule has 1 aliphatic heterocycles. The maximum Gasteiger partial charge on any atom is 0.333 e. The zero-order valence-electron chi connectivity index (χ0n) is 23.0. The highest BCUT2D eigenvalue weighted by Crippen LogP contribution is 2.23. The van der Waals surface area contributed by atoms with Gasteiger partial charge in [0.15, 0.2) is 0 Å². The largest absolute Gasteiger partial charge is 0.463 e. The van der Waals surface area contributed by atoms with Crippen LogP contribution in [0.1, 0.15) is 87.5 Å². The van der Waals surface area contributed by atoms with Crippen molar-refractivity contribution in [1.29, 1.82) is 0 Å². The van der Waals surface area contributed by atoms with E-state index < -0.39 is 6.04 Å². The standard InChI is InChI=1S/C27H49N3O4/c1-10-19(6)24(28-25(31)22-15-13-14-16-30(22)21(8)11-2)26(32)29(9)23(18(4)5)17-20(7)27(33)34-12-3/h17-19,21-24H,10-16H2,1-9H3,(H,28,31)/b20-17+/t19-,21?,22?,23-,24-/m1/s1. The Balaban J connectivity index is 3.13. The number of ether oxygens (including phenoxy) is 1. The molecule has 7 nitrogen and oxygen atoms in total. The Morgan fingerprint density at radius 2 is 1.74 bits per heavy atom. The van der Waals surface area contributed by atoms with Gasteiger partial charge in [-0.05, 0) is 58.4 Å². The van der Waals surface area contributed by atoms with Crippen LogP contribution in [-0.2, 0) is 19.1 Å². The summed E-state index contributed by atoms with van der Waals surface area (Å²) in [4.78, 5) is 43.3. The van der Waals surface area contributed by atoms with Gasteiger partial charge < -0.3 is 15.0 Å². The Kier molecular flexibility index (Phi) is 12.9. The number of esters is 1. The SMILES string of the molecule is CCOC(=O)/C(C)=C/[C@H](C(C)C)N(C)C(=O)[C@H](NC(=O)C1CCCCN1C(C)CC)[C@H](C)CC. The van der Waals surface area contributed by atoms with E-state index in [9.17, 15) is 14.4 Å². The lowest BCUT2D eigenvalue weighted by atomic mass is 9.93. The zero-order valence-corrected chi connectivity index (χ0v) is 23.0. The number of piperidine rings is 1. The third kappa shape index (κ3) is 8.10. The molecule has 0 spiro atoms. The zero-order chi connectivity index (χ0) is 26.0. The quantitative estimate of drug-likeness (QED) is 0.336. The van der Waals surface area contributed by atoms with E-state index in [2.05, 4.69) is 24.1 Å². The molecule has 5 atom stereocenters. The van der Waals surface area contributed by atoms with Crippen molar-refractivity contribution in [3.63, 3.8) is 0 Å². The lowest BCUT2D eigenvalue weighted by Gasteiger charge is -2.40. The second-order valence-electron chi connectivity index (χ2n) is 10.1. The number of likely N-dealkylation sites (N-methyl/N-ethyl adjacent to an activating group) is 1. The molecule has 0 aromatic carbocycles. The minimum absolute atomic E-state index is 0.0116. The van der Waals surface area contributed by atoms with Gasteiger partial charge in [-0.25, -0.2) is 4.79 Å². The fraction of sp³-hybridized carbons (Fsp3) is 0.815. The molecular formula is C27H49N3O4. The summed E-state index contributed by atoms with van der Waals surface area (Å²) in [6.45, 7) is 17.1. The van der Waals surface area contributed by atoms with Gasteiger partial charge >= 0.3 is 5.97 Å². The molecule has 0 radical (unpaired) electrons. The Hall–Kier alpha value is -1.89. The lowest BCUT2D eigenvalue weighted by Crippen LogP contribution is -2.59. The van der Waals surface area contributed by atoms with E-state index >= 15 is 0 Å². The maximum atomic E-state index is 13.7. The molecule has 2 unspecified atom stereocenters. The van der Waals surface area contributed by atoms with Crippen LogP contribution < -0.4 is 5.32 Å². The number of nitrogens with one attached hydrogen (secondary N) is 1. The molecule has 1 aliphatic rings. The van der Waals surface area contributed by atoms with Crippen LogP contribution in [0.2, 0.25) is 0 Å². The van der Waals surface area contributed by atoms with E-state index in [0.29, 0.717) is 18.2 Å². The van der Waals surface area contributed by atoms with Gasteiger partial charge in [-0.1, -0.05) is 53.5 Å². The van der Waals surface area contributed by atoms with E-state index in [1.54, 1.807) is 25.8 Å². The summed E-state index contributed by atoms with van der Waals surface area (Å²) < 4.78 is 5.11. The number of likely N-dealkylation sites (tertiary alicyclic amines) is 1. The van der Waals surface area contributed by atoms with Crippen molar-refractivity contribution < 1.29 is 19.1 Å². The highest BCUT2D eigenvalue weighted by atomic mass is 16.5. The fourth-order valence-electron chi connectivity index (χ4n) is 4.62. The summed E-state index contributed by atoms with van der Waals surface area (Å²) in [5.74, 6) is -0.469. The van der Waals surface area contributed by atoms with Crippen LogP contribution in [0.15, 0.2) is 11.6 Å². The number of amides is 2. The molecule has 0 aromatic heterocycles. The summed E-state index contributed by atoms with van der Waals surface area (Å²) >= 11 is 0. The predicted molar refractivity (Wildman–Crippen MR) is 137 cm³/mol. The molecule has 1 heterocycles. The van der Waals surface area contributed by atoms with Gasteiger partial charge in [0.05, 0.1) is 18.7 Å². The number of hydrogen-bond acceptors (Lipinski definition) is 5. The summed E-state index contributed by atoms with van der Waals surface area (Å²) in [5.41, 5.74) is 0.482. The Bertz CT molecular complexity index is 706. The summed E-state index contributed by atoms with van der Waals surface area (Å²) in [7, 11) is 1.76. The summed E-state index contributed by atoms with van der Waals surface area (Å²) in [6.07, 6.45) is 6.52. The molecule has 7 heteroatoms. The highest BCUT2D eigenvalue weighted by Gasteiger charge is 2.36. The van der Waals surface area contributed by atoms with Gasteiger partial charge in [-0.15, -0.1) is 0 Å². The van der Waals surface area contributed by atoms with Crippen molar-refractivity contribution in [3.8, 4) is 0 Å². The summed E-state index contributed by atoms with van der Waals surface area (Å²) in [6, 6.07) is -0.759. The van der Waals surface area contributed by atoms with Crippen LogP contribution in [0.4, 0.5) is 0 Å². The summed E-state index contributed by atoms with van der Waals surface area (Å²) in [5, 5.41) is 3.13. The van der Waals surface area contributed by atoms with Crippen molar-refractivity contribution in [2.24, 2.45) is 11.8 Å². The third-order valence-corrected chi connectivity index (χ3v) is 7.28. The number of carbonyl (C=O) groups excluding carboxylic acids is 3. The first-order valence-corrected chi connectivity index (χ1v) is 13.2. The van der Waals surface area contributed by atoms with Gasteiger partial charge in [-0.3, -0.25) is 14.5 Å². The number of nitrogens with zero attached hydrogens (tertiary/aromatic N) is 2. The molecule has 34 heavy (non-hydrogen) atoms. The number of rotatable bonds is 12. The van der Waals surface area contributed by atoms with Gasteiger partial charge in [0.2, 0.25) is 11.8 Å². The Morgan fingerprint density at radius 1 is 1.09 bits per heavy atom. The first-order chi connectivity index (χ1) is 16.0. The van der Waals surface area contributed by atoms with Crippen molar-refractivity contribution in [2.45, 2.75) is 112 Å². The Labute approximate surface area is 207 Å². The first kappa shape index (κ1) is 30.1. The molecule has 0 bridgehead atoms. The second kappa shape index (κ2) is 14.5. The van der Waals surface area contributed by atoms with Crippen LogP contribution in [0.3, 0.4) is 0 Å². The van der Waals surface area contributed by atoms with E-state index in [0.717, 1.165) is 38.6 Å². The second-order valence-corrected chi connectivity index (χ2v) is 10.1. The molecule has 0 saturated carbocycles. The van der Waals surface area contributed by atoms with Crippen LogP contribution in [-0.4, -0.2) is 72.0 Å². The Morgan fingerprint density at radius 3 is 2.26 bits per heavy atom. The van der Waals surface area contributed by atoms with Crippen molar-refractivity contribution in [3.05, 3.63) is 11.6 Å². The first-order valence-electron chi connectivity index (χ1n) is 13.2. The van der Waals surface area contributed by atoms with Crippen molar-refractivity contribution in [1.82, 2.24) is 15.1 Å². The average Bonchev–Trinajstić information content (AvgIpc) is 2.83. The predicted octanol–water partition coefficient (Wildman–Crippen LogP) is 4.16. The maximum absolute atomic E-state index is 13.7. The molecule has 1 rings (SSSR count). The van der Waals surface area contributed by atoms with E-state index in [1.165, 1.54) is 0 Å². The monoisotopic (exact) mass is 479 g/mol. The van der Waals surface area contributed by atoms with Gasteiger partial charge in [0, 0.05) is 18.7 Å². The molecule has 1 fully saturated rings. The normalized spacial score (nSPS) is 20.9. The van der Waals surface area contributed by atoms with E-state index in [1.807, 2.05) is 33.8 Å². The molecule has 1 saturated heterocycles.